The van der Waals surface area contributed by atoms with Crippen LogP contribution in [0.25, 0.3) is 5.82 Å². The van der Waals surface area contributed by atoms with Gasteiger partial charge in [-0.1, -0.05) is 37.3 Å². The lowest BCUT2D eigenvalue weighted by molar-refractivity contribution is -0.131. The molecule has 0 bridgehead atoms. The smallest absolute Gasteiger partial charge is 0.227 e. The van der Waals surface area contributed by atoms with Crippen LogP contribution in [-0.4, -0.2) is 36.9 Å². The number of amides is 1. The summed E-state index contributed by atoms with van der Waals surface area (Å²) in [5.41, 5.74) is 1.89. The van der Waals surface area contributed by atoms with Gasteiger partial charge in [-0.15, -0.1) is 0 Å². The number of carbonyl (C=O) groups is 1. The highest BCUT2D eigenvalue weighted by molar-refractivity contribution is 5.79. The highest BCUT2D eigenvalue weighted by Gasteiger charge is 2.31. The molecular weight excluding hydrogens is 338 g/mol. The molecule has 1 saturated heterocycles. The van der Waals surface area contributed by atoms with Gasteiger partial charge in [0.2, 0.25) is 5.91 Å². The van der Waals surface area contributed by atoms with Crippen molar-refractivity contribution in [2.24, 2.45) is 0 Å². The lowest BCUT2D eigenvalue weighted by Crippen LogP contribution is -2.32. The Morgan fingerprint density at radius 3 is 2.89 bits per heavy atom. The first-order chi connectivity index (χ1) is 13.3. The summed E-state index contributed by atoms with van der Waals surface area (Å²) in [5, 5.41) is 0. The summed E-state index contributed by atoms with van der Waals surface area (Å²) in [6.07, 6.45) is 10.4. The Hall–Kier alpha value is -3.02. The topological polar surface area (TPSA) is 63.9 Å². The van der Waals surface area contributed by atoms with Gasteiger partial charge in [0.15, 0.2) is 5.82 Å². The molecule has 138 valence electrons. The van der Waals surface area contributed by atoms with Crippen LogP contribution in [0.4, 0.5) is 0 Å². The van der Waals surface area contributed by atoms with Crippen LogP contribution >= 0.6 is 0 Å². The molecule has 0 spiro atoms. The number of hydrogen-bond donors (Lipinski definition) is 0. The summed E-state index contributed by atoms with van der Waals surface area (Å²) in [6, 6.07) is 9.88. The molecule has 0 radical (unpaired) electrons. The number of hydrogen-bond acceptors (Lipinski definition) is 4. The number of aryl methyl sites for hydroxylation is 1. The second-order valence-electron chi connectivity index (χ2n) is 6.78. The summed E-state index contributed by atoms with van der Waals surface area (Å²) < 4.78 is 1.96. The SMILES string of the molecule is CCc1nccn1-c1cncc(C2CCCN2C(=O)Cc2ccccc2)n1. The summed E-state index contributed by atoms with van der Waals surface area (Å²) in [5.74, 6) is 1.85. The first-order valence-corrected chi connectivity index (χ1v) is 9.44. The fourth-order valence-electron chi connectivity index (χ4n) is 3.70. The molecule has 0 saturated carbocycles. The van der Waals surface area contributed by atoms with Gasteiger partial charge in [0.05, 0.1) is 30.6 Å². The van der Waals surface area contributed by atoms with Crippen LogP contribution in [0, 0.1) is 0 Å². The van der Waals surface area contributed by atoms with E-state index in [0.29, 0.717) is 6.42 Å². The van der Waals surface area contributed by atoms with Crippen LogP contribution in [0.15, 0.2) is 55.1 Å². The van der Waals surface area contributed by atoms with Gasteiger partial charge in [0.25, 0.3) is 0 Å². The monoisotopic (exact) mass is 361 g/mol. The molecule has 6 heteroatoms. The molecule has 0 N–H and O–H groups in total. The first-order valence-electron chi connectivity index (χ1n) is 9.44. The highest BCUT2D eigenvalue weighted by atomic mass is 16.2. The number of imidazole rings is 1. The minimum absolute atomic E-state index is 0.0118. The maximum atomic E-state index is 12.9. The Morgan fingerprint density at radius 2 is 2.07 bits per heavy atom. The van der Waals surface area contributed by atoms with E-state index in [0.717, 1.165) is 48.7 Å². The molecule has 6 nitrogen and oxygen atoms in total. The van der Waals surface area contributed by atoms with Crippen LogP contribution in [0.1, 0.15) is 42.9 Å². The van der Waals surface area contributed by atoms with Crippen molar-refractivity contribution in [2.45, 2.75) is 38.6 Å². The van der Waals surface area contributed by atoms with Crippen LogP contribution in [0.3, 0.4) is 0 Å². The Balaban J connectivity index is 1.57. The van der Waals surface area contributed by atoms with Crippen molar-refractivity contribution in [3.8, 4) is 5.82 Å². The molecule has 1 aliphatic rings. The molecule has 3 heterocycles. The van der Waals surface area contributed by atoms with Gasteiger partial charge in [0.1, 0.15) is 5.82 Å². The Bertz CT molecular complexity index is 921. The van der Waals surface area contributed by atoms with Crippen LogP contribution in [-0.2, 0) is 17.6 Å². The van der Waals surface area contributed by atoms with Crippen LogP contribution < -0.4 is 0 Å². The molecule has 0 aliphatic carbocycles. The molecular formula is C21H23N5O. The fraction of sp³-hybridized carbons (Fsp3) is 0.333. The van der Waals surface area contributed by atoms with E-state index in [2.05, 4.69) is 16.9 Å². The fourth-order valence-corrected chi connectivity index (χ4v) is 3.70. The van der Waals surface area contributed by atoms with Crippen molar-refractivity contribution in [2.75, 3.05) is 6.54 Å². The molecule has 1 atom stereocenters. The van der Waals surface area contributed by atoms with E-state index < -0.39 is 0 Å². The van der Waals surface area contributed by atoms with Crippen molar-refractivity contribution in [3.05, 3.63) is 72.2 Å². The van der Waals surface area contributed by atoms with Gasteiger partial charge in [-0.05, 0) is 18.4 Å². The van der Waals surface area contributed by atoms with Gasteiger partial charge in [0, 0.05) is 25.4 Å². The predicted molar refractivity (Wildman–Crippen MR) is 102 cm³/mol. The standard InChI is InChI=1S/C21H23N5O/c1-2-19-23-10-12-26(19)20-15-22-14-17(24-20)18-9-6-11-25(18)21(27)13-16-7-4-3-5-8-16/h3-5,7-8,10,12,14-15,18H,2,6,9,11,13H2,1H3. The molecule has 3 aromatic rings. The zero-order chi connectivity index (χ0) is 18.6. The van der Waals surface area contributed by atoms with E-state index in [1.54, 1.807) is 18.6 Å². The maximum Gasteiger partial charge on any atom is 0.227 e. The quantitative estimate of drug-likeness (QED) is 0.700. The Morgan fingerprint density at radius 1 is 1.22 bits per heavy atom. The number of likely N-dealkylation sites (tertiary alicyclic amines) is 1. The molecule has 2 aromatic heterocycles. The Kier molecular flexibility index (Phi) is 4.96. The molecule has 1 fully saturated rings. The van der Waals surface area contributed by atoms with E-state index in [9.17, 15) is 4.79 Å². The van der Waals surface area contributed by atoms with E-state index in [1.165, 1.54) is 0 Å². The molecule has 27 heavy (non-hydrogen) atoms. The molecule has 4 rings (SSSR count). The van der Waals surface area contributed by atoms with Crippen molar-refractivity contribution in [1.82, 2.24) is 24.4 Å². The molecule has 1 amide bonds. The van der Waals surface area contributed by atoms with E-state index in [-0.39, 0.29) is 11.9 Å². The number of benzene rings is 1. The van der Waals surface area contributed by atoms with Gasteiger partial charge in [-0.2, -0.15) is 0 Å². The van der Waals surface area contributed by atoms with Crippen molar-refractivity contribution in [3.63, 3.8) is 0 Å². The highest BCUT2D eigenvalue weighted by Crippen LogP contribution is 2.31. The zero-order valence-electron chi connectivity index (χ0n) is 15.5. The normalized spacial score (nSPS) is 16.6. The second-order valence-corrected chi connectivity index (χ2v) is 6.78. The summed E-state index contributed by atoms with van der Waals surface area (Å²) in [4.78, 5) is 28.4. The van der Waals surface area contributed by atoms with Crippen molar-refractivity contribution in [1.29, 1.82) is 0 Å². The van der Waals surface area contributed by atoms with Crippen LogP contribution in [0.5, 0.6) is 0 Å². The lowest BCUT2D eigenvalue weighted by Gasteiger charge is -2.24. The van der Waals surface area contributed by atoms with Gasteiger partial charge >= 0.3 is 0 Å². The van der Waals surface area contributed by atoms with E-state index in [1.807, 2.05) is 46.0 Å². The number of aromatic nitrogens is 4. The molecule has 1 aliphatic heterocycles. The summed E-state index contributed by atoms with van der Waals surface area (Å²) in [7, 11) is 0. The predicted octanol–water partition coefficient (Wildman–Crippen LogP) is 3.13. The third-order valence-corrected chi connectivity index (χ3v) is 5.03. The van der Waals surface area contributed by atoms with Gasteiger partial charge < -0.3 is 4.90 Å². The summed E-state index contributed by atoms with van der Waals surface area (Å²) in [6.45, 7) is 2.84. The first kappa shape index (κ1) is 17.4. The van der Waals surface area contributed by atoms with Crippen LogP contribution in [0.2, 0.25) is 0 Å². The number of nitrogens with zero attached hydrogens (tertiary/aromatic N) is 5. The minimum atomic E-state index is -0.0118. The zero-order valence-corrected chi connectivity index (χ0v) is 15.5. The minimum Gasteiger partial charge on any atom is -0.334 e. The molecule has 1 unspecified atom stereocenters. The van der Waals surface area contributed by atoms with Crippen molar-refractivity contribution >= 4 is 5.91 Å². The van der Waals surface area contributed by atoms with Gasteiger partial charge in [-0.25, -0.2) is 9.97 Å². The average molecular weight is 361 g/mol. The van der Waals surface area contributed by atoms with E-state index >= 15 is 0 Å². The third-order valence-electron chi connectivity index (χ3n) is 5.03. The maximum absolute atomic E-state index is 12.9. The third kappa shape index (κ3) is 3.60. The largest absolute Gasteiger partial charge is 0.334 e. The Labute approximate surface area is 158 Å². The average Bonchev–Trinajstić information content (AvgIpc) is 3.38. The second kappa shape index (κ2) is 7.70. The summed E-state index contributed by atoms with van der Waals surface area (Å²) >= 11 is 0. The van der Waals surface area contributed by atoms with Gasteiger partial charge in [-0.3, -0.25) is 14.3 Å². The number of carbonyl (C=O) groups excluding carboxylic acids is 1. The lowest BCUT2D eigenvalue weighted by atomic mass is 10.1. The van der Waals surface area contributed by atoms with Crippen molar-refractivity contribution < 1.29 is 4.79 Å². The van der Waals surface area contributed by atoms with E-state index in [4.69, 9.17) is 4.98 Å². The number of rotatable bonds is 5. The molecule has 1 aromatic carbocycles.